The molecule has 2 rings (SSSR count). The number of benzene rings is 1. The van der Waals surface area contributed by atoms with Gasteiger partial charge in [-0.05, 0) is 49.4 Å². The molecule has 3 nitrogen and oxygen atoms in total. The first-order valence-electron chi connectivity index (χ1n) is 7.00. The third-order valence-electron chi connectivity index (χ3n) is 4.54. The number of hydrogen-bond donors (Lipinski definition) is 1. The first-order chi connectivity index (χ1) is 9.04. The summed E-state index contributed by atoms with van der Waals surface area (Å²) >= 11 is 0. The normalized spacial score (nSPS) is 19.4. The second kappa shape index (κ2) is 5.51. The van der Waals surface area contributed by atoms with Crippen LogP contribution >= 0.6 is 0 Å². The molecule has 106 valence electrons. The SMILES string of the molecule is COc1cc(C)c(C(N)C2(OC)CCCC2)cc1C. The number of aryl methyl sites for hydroxylation is 2. The maximum atomic E-state index is 6.54. The van der Waals surface area contributed by atoms with Crippen LogP contribution in [-0.4, -0.2) is 19.8 Å². The lowest BCUT2D eigenvalue weighted by Crippen LogP contribution is -2.41. The Labute approximate surface area is 116 Å². The van der Waals surface area contributed by atoms with Crippen molar-refractivity contribution in [2.24, 2.45) is 5.73 Å². The van der Waals surface area contributed by atoms with E-state index in [0.717, 1.165) is 24.2 Å². The van der Waals surface area contributed by atoms with E-state index < -0.39 is 0 Å². The Morgan fingerprint density at radius 1 is 1.11 bits per heavy atom. The van der Waals surface area contributed by atoms with Gasteiger partial charge in [0, 0.05) is 7.11 Å². The number of methoxy groups -OCH3 is 2. The molecule has 2 N–H and O–H groups in total. The lowest BCUT2D eigenvalue weighted by molar-refractivity contribution is -0.0265. The molecule has 19 heavy (non-hydrogen) atoms. The fourth-order valence-corrected chi connectivity index (χ4v) is 3.27. The largest absolute Gasteiger partial charge is 0.496 e. The molecule has 0 aromatic heterocycles. The smallest absolute Gasteiger partial charge is 0.122 e. The fraction of sp³-hybridized carbons (Fsp3) is 0.625. The molecule has 0 saturated heterocycles. The quantitative estimate of drug-likeness (QED) is 0.906. The van der Waals surface area contributed by atoms with E-state index in [1.807, 2.05) is 0 Å². The van der Waals surface area contributed by atoms with E-state index in [9.17, 15) is 0 Å². The topological polar surface area (TPSA) is 44.5 Å². The highest BCUT2D eigenvalue weighted by Gasteiger charge is 2.41. The molecular formula is C16H25NO2. The summed E-state index contributed by atoms with van der Waals surface area (Å²) < 4.78 is 11.2. The summed E-state index contributed by atoms with van der Waals surface area (Å²) in [6.07, 6.45) is 4.51. The first kappa shape index (κ1) is 14.4. The Morgan fingerprint density at radius 3 is 2.26 bits per heavy atom. The molecule has 1 unspecified atom stereocenters. The van der Waals surface area contributed by atoms with Crippen molar-refractivity contribution in [1.82, 2.24) is 0 Å². The molecule has 0 aliphatic heterocycles. The molecule has 0 heterocycles. The van der Waals surface area contributed by atoms with Crippen LogP contribution in [0.1, 0.15) is 48.4 Å². The minimum absolute atomic E-state index is 0.0652. The van der Waals surface area contributed by atoms with Gasteiger partial charge in [0.05, 0.1) is 18.8 Å². The molecule has 1 saturated carbocycles. The van der Waals surface area contributed by atoms with Gasteiger partial charge in [0.25, 0.3) is 0 Å². The molecule has 0 spiro atoms. The van der Waals surface area contributed by atoms with Gasteiger partial charge >= 0.3 is 0 Å². The fourth-order valence-electron chi connectivity index (χ4n) is 3.27. The van der Waals surface area contributed by atoms with E-state index >= 15 is 0 Å². The molecule has 0 bridgehead atoms. The van der Waals surface area contributed by atoms with Crippen molar-refractivity contribution in [3.8, 4) is 5.75 Å². The molecule has 1 aromatic carbocycles. The Bertz CT molecular complexity index is 450. The minimum atomic E-state index is -0.189. The van der Waals surface area contributed by atoms with Crippen molar-refractivity contribution in [2.75, 3.05) is 14.2 Å². The van der Waals surface area contributed by atoms with Crippen molar-refractivity contribution >= 4 is 0 Å². The Morgan fingerprint density at radius 2 is 1.74 bits per heavy atom. The van der Waals surface area contributed by atoms with Crippen molar-refractivity contribution in [3.63, 3.8) is 0 Å². The summed E-state index contributed by atoms with van der Waals surface area (Å²) in [7, 11) is 3.49. The van der Waals surface area contributed by atoms with E-state index in [2.05, 4.69) is 26.0 Å². The van der Waals surface area contributed by atoms with Gasteiger partial charge in [-0.2, -0.15) is 0 Å². The molecule has 1 fully saturated rings. The zero-order chi connectivity index (χ0) is 14.0. The van der Waals surface area contributed by atoms with Crippen LogP contribution in [0.25, 0.3) is 0 Å². The number of ether oxygens (including phenoxy) is 2. The van der Waals surface area contributed by atoms with Crippen LogP contribution in [0.2, 0.25) is 0 Å². The van der Waals surface area contributed by atoms with E-state index in [1.165, 1.54) is 24.0 Å². The molecule has 1 aliphatic rings. The molecule has 1 atom stereocenters. The van der Waals surface area contributed by atoms with E-state index in [4.69, 9.17) is 15.2 Å². The highest BCUT2D eigenvalue weighted by molar-refractivity contribution is 5.43. The van der Waals surface area contributed by atoms with Crippen LogP contribution in [0.15, 0.2) is 12.1 Å². The summed E-state index contributed by atoms with van der Waals surface area (Å²) in [5, 5.41) is 0. The molecule has 1 aromatic rings. The van der Waals surface area contributed by atoms with Crippen LogP contribution in [-0.2, 0) is 4.74 Å². The zero-order valence-corrected chi connectivity index (χ0v) is 12.5. The maximum absolute atomic E-state index is 6.54. The van der Waals surface area contributed by atoms with Crippen LogP contribution < -0.4 is 10.5 Å². The van der Waals surface area contributed by atoms with Gasteiger partial charge in [-0.25, -0.2) is 0 Å². The van der Waals surface area contributed by atoms with Gasteiger partial charge < -0.3 is 15.2 Å². The van der Waals surface area contributed by atoms with Crippen LogP contribution in [0.5, 0.6) is 5.75 Å². The van der Waals surface area contributed by atoms with Gasteiger partial charge in [0.1, 0.15) is 5.75 Å². The lowest BCUT2D eigenvalue weighted by atomic mass is 9.84. The molecule has 0 radical (unpaired) electrons. The predicted octanol–water partition coefficient (Wildman–Crippen LogP) is 3.27. The molecule has 0 amide bonds. The average Bonchev–Trinajstić information content (AvgIpc) is 2.90. The minimum Gasteiger partial charge on any atom is -0.496 e. The van der Waals surface area contributed by atoms with Gasteiger partial charge in [-0.1, -0.05) is 18.9 Å². The van der Waals surface area contributed by atoms with Crippen molar-refractivity contribution in [2.45, 2.75) is 51.2 Å². The van der Waals surface area contributed by atoms with Gasteiger partial charge in [-0.3, -0.25) is 0 Å². The van der Waals surface area contributed by atoms with Gasteiger partial charge in [0.2, 0.25) is 0 Å². The van der Waals surface area contributed by atoms with Crippen LogP contribution in [0, 0.1) is 13.8 Å². The van der Waals surface area contributed by atoms with Crippen molar-refractivity contribution in [3.05, 3.63) is 28.8 Å². The average molecular weight is 263 g/mol. The van der Waals surface area contributed by atoms with E-state index in [0.29, 0.717) is 0 Å². The maximum Gasteiger partial charge on any atom is 0.122 e. The number of hydrogen-bond acceptors (Lipinski definition) is 3. The van der Waals surface area contributed by atoms with E-state index in [1.54, 1.807) is 14.2 Å². The second-order valence-electron chi connectivity index (χ2n) is 5.63. The lowest BCUT2D eigenvalue weighted by Gasteiger charge is -2.35. The van der Waals surface area contributed by atoms with Crippen LogP contribution in [0.3, 0.4) is 0 Å². The summed E-state index contributed by atoms with van der Waals surface area (Å²) in [5.74, 6) is 0.923. The number of rotatable bonds is 4. The third kappa shape index (κ3) is 2.49. The summed E-state index contributed by atoms with van der Waals surface area (Å²) in [5.41, 5.74) is 9.84. The van der Waals surface area contributed by atoms with Crippen molar-refractivity contribution in [1.29, 1.82) is 0 Å². The predicted molar refractivity (Wildman–Crippen MR) is 77.6 cm³/mol. The molecular weight excluding hydrogens is 238 g/mol. The summed E-state index contributed by atoms with van der Waals surface area (Å²) in [6, 6.07) is 4.16. The summed E-state index contributed by atoms with van der Waals surface area (Å²) in [6.45, 7) is 4.15. The van der Waals surface area contributed by atoms with Crippen molar-refractivity contribution < 1.29 is 9.47 Å². The van der Waals surface area contributed by atoms with Crippen LogP contribution in [0.4, 0.5) is 0 Å². The first-order valence-corrected chi connectivity index (χ1v) is 7.00. The van der Waals surface area contributed by atoms with Gasteiger partial charge in [0.15, 0.2) is 0 Å². The highest BCUT2D eigenvalue weighted by atomic mass is 16.5. The highest BCUT2D eigenvalue weighted by Crippen LogP contribution is 2.42. The Balaban J connectivity index is 2.38. The number of nitrogens with two attached hydrogens (primary N) is 1. The second-order valence-corrected chi connectivity index (χ2v) is 5.63. The molecule has 1 aliphatic carbocycles. The monoisotopic (exact) mass is 263 g/mol. The summed E-state index contributed by atoms with van der Waals surface area (Å²) in [4.78, 5) is 0. The third-order valence-corrected chi connectivity index (χ3v) is 4.54. The molecule has 3 heteroatoms. The Kier molecular flexibility index (Phi) is 4.16. The Hall–Kier alpha value is -1.06. The van der Waals surface area contributed by atoms with E-state index in [-0.39, 0.29) is 11.6 Å². The zero-order valence-electron chi connectivity index (χ0n) is 12.5. The van der Waals surface area contributed by atoms with Gasteiger partial charge in [-0.15, -0.1) is 0 Å². The standard InChI is InChI=1S/C16H25NO2/c1-11-10-14(18-3)12(2)9-13(11)15(17)16(19-4)7-5-6-8-16/h9-10,15H,5-8,17H2,1-4H3.